The van der Waals surface area contributed by atoms with Crippen LogP contribution in [0.5, 0.6) is 0 Å². The van der Waals surface area contributed by atoms with Crippen LogP contribution in [0.25, 0.3) is 0 Å². The van der Waals surface area contributed by atoms with Gasteiger partial charge in [-0.3, -0.25) is 0 Å². The number of hydrogen-bond donors (Lipinski definition) is 1. The summed E-state index contributed by atoms with van der Waals surface area (Å²) in [5.41, 5.74) is 10.6. The Balaban J connectivity index is 1.94. The van der Waals surface area contributed by atoms with Gasteiger partial charge in [0.05, 0.1) is 0 Å². The molecule has 0 unspecified atom stereocenters. The largest absolute Gasteiger partial charge is 0.398 e. The average Bonchev–Trinajstić information content (AvgIpc) is 2.74. The Morgan fingerprint density at radius 2 is 1.88 bits per heavy atom. The lowest BCUT2D eigenvalue weighted by molar-refractivity contribution is 0.881. The summed E-state index contributed by atoms with van der Waals surface area (Å²) in [6.07, 6.45) is 0. The Bertz CT molecular complexity index is 566. The first kappa shape index (κ1) is 10.5. The topological polar surface area (TPSA) is 29.3 Å². The number of hydrogen-bond acceptors (Lipinski definition) is 2. The molecular weight excluding hydrogens is 232 g/mol. The van der Waals surface area contributed by atoms with Crippen molar-refractivity contribution in [2.75, 3.05) is 10.6 Å². The van der Waals surface area contributed by atoms with Crippen LogP contribution in [0.4, 0.5) is 11.4 Å². The summed E-state index contributed by atoms with van der Waals surface area (Å²) in [7, 11) is 0. The van der Waals surface area contributed by atoms with Gasteiger partial charge >= 0.3 is 0 Å². The third-order valence-electron chi connectivity index (χ3n) is 3.19. The molecule has 1 aliphatic rings. The van der Waals surface area contributed by atoms with Crippen molar-refractivity contribution in [3.8, 4) is 0 Å². The second-order valence-corrected chi connectivity index (χ2v) is 4.76. The highest BCUT2D eigenvalue weighted by Gasteiger charge is 2.20. The molecule has 3 heteroatoms. The SMILES string of the molecule is Nc1cccc2c1CN(c1cccc(Cl)c1)C2. The van der Waals surface area contributed by atoms with Crippen LogP contribution in [0.3, 0.4) is 0 Å². The van der Waals surface area contributed by atoms with E-state index in [1.54, 1.807) is 0 Å². The smallest absolute Gasteiger partial charge is 0.0457 e. The minimum atomic E-state index is 0.770. The van der Waals surface area contributed by atoms with E-state index < -0.39 is 0 Å². The van der Waals surface area contributed by atoms with Crippen LogP contribution in [0.1, 0.15) is 11.1 Å². The molecule has 0 fully saturated rings. The van der Waals surface area contributed by atoms with Gasteiger partial charge in [0.25, 0.3) is 0 Å². The fraction of sp³-hybridized carbons (Fsp3) is 0.143. The van der Waals surface area contributed by atoms with E-state index in [-0.39, 0.29) is 0 Å². The quantitative estimate of drug-likeness (QED) is 0.779. The van der Waals surface area contributed by atoms with Crippen molar-refractivity contribution in [1.29, 1.82) is 0 Å². The monoisotopic (exact) mass is 244 g/mol. The highest BCUT2D eigenvalue weighted by atomic mass is 35.5. The van der Waals surface area contributed by atoms with Gasteiger partial charge in [-0.05, 0) is 35.4 Å². The Labute approximate surface area is 106 Å². The van der Waals surface area contributed by atoms with Crippen molar-refractivity contribution in [3.05, 3.63) is 58.6 Å². The van der Waals surface area contributed by atoms with Gasteiger partial charge in [0.1, 0.15) is 0 Å². The fourth-order valence-corrected chi connectivity index (χ4v) is 2.49. The average molecular weight is 245 g/mol. The molecule has 86 valence electrons. The molecule has 0 saturated heterocycles. The number of benzene rings is 2. The Morgan fingerprint density at radius 1 is 1.06 bits per heavy atom. The van der Waals surface area contributed by atoms with Crippen molar-refractivity contribution in [1.82, 2.24) is 0 Å². The van der Waals surface area contributed by atoms with Gasteiger partial charge in [0, 0.05) is 29.5 Å². The Hall–Kier alpha value is -1.67. The maximum Gasteiger partial charge on any atom is 0.0457 e. The van der Waals surface area contributed by atoms with Gasteiger partial charge in [0.15, 0.2) is 0 Å². The first-order valence-electron chi connectivity index (χ1n) is 5.61. The van der Waals surface area contributed by atoms with Gasteiger partial charge in [-0.25, -0.2) is 0 Å². The molecule has 1 aliphatic heterocycles. The molecule has 0 atom stereocenters. The molecule has 1 heterocycles. The zero-order valence-electron chi connectivity index (χ0n) is 9.36. The molecule has 0 aliphatic carbocycles. The predicted octanol–water partition coefficient (Wildman–Crippen LogP) is 3.44. The van der Waals surface area contributed by atoms with Gasteiger partial charge in [-0.1, -0.05) is 29.8 Å². The molecule has 3 rings (SSSR count). The van der Waals surface area contributed by atoms with Crippen LogP contribution in [-0.4, -0.2) is 0 Å². The van der Waals surface area contributed by atoms with E-state index in [1.165, 1.54) is 11.1 Å². The van der Waals surface area contributed by atoms with E-state index in [9.17, 15) is 0 Å². The summed E-state index contributed by atoms with van der Waals surface area (Å²) in [6, 6.07) is 14.0. The lowest BCUT2D eigenvalue weighted by Gasteiger charge is -2.17. The standard InChI is InChI=1S/C14H13ClN2/c15-11-4-2-5-12(7-11)17-8-10-3-1-6-14(16)13(10)9-17/h1-7H,8-9,16H2. The van der Waals surface area contributed by atoms with Crippen LogP contribution >= 0.6 is 11.6 Å². The number of nitrogens with two attached hydrogens (primary N) is 1. The van der Waals surface area contributed by atoms with E-state index in [4.69, 9.17) is 17.3 Å². The maximum absolute atomic E-state index is 6.01. The van der Waals surface area contributed by atoms with Gasteiger partial charge in [-0.15, -0.1) is 0 Å². The summed E-state index contributed by atoms with van der Waals surface area (Å²) in [5, 5.41) is 0.770. The maximum atomic E-state index is 6.01. The Kier molecular flexibility index (Phi) is 2.45. The number of halogens is 1. The summed E-state index contributed by atoms with van der Waals surface area (Å²) >= 11 is 6.01. The molecule has 2 nitrogen and oxygen atoms in total. The third kappa shape index (κ3) is 1.85. The van der Waals surface area contributed by atoms with Gasteiger partial charge < -0.3 is 10.6 Å². The first-order chi connectivity index (χ1) is 8.24. The number of rotatable bonds is 1. The zero-order valence-corrected chi connectivity index (χ0v) is 10.1. The van der Waals surface area contributed by atoms with Crippen molar-refractivity contribution in [2.24, 2.45) is 0 Å². The van der Waals surface area contributed by atoms with Gasteiger partial charge in [0.2, 0.25) is 0 Å². The molecule has 2 N–H and O–H groups in total. The van der Waals surface area contributed by atoms with Crippen LogP contribution in [0.2, 0.25) is 5.02 Å². The summed E-state index contributed by atoms with van der Waals surface area (Å²) in [4.78, 5) is 2.28. The normalized spacial score (nSPS) is 13.8. The Morgan fingerprint density at radius 3 is 2.65 bits per heavy atom. The van der Waals surface area contributed by atoms with Crippen LogP contribution in [0, 0.1) is 0 Å². The molecule has 17 heavy (non-hydrogen) atoms. The van der Waals surface area contributed by atoms with E-state index >= 15 is 0 Å². The number of fused-ring (bicyclic) bond motifs is 1. The van der Waals surface area contributed by atoms with E-state index in [0.717, 1.165) is 29.5 Å². The molecular formula is C14H13ClN2. The van der Waals surface area contributed by atoms with Crippen LogP contribution in [0.15, 0.2) is 42.5 Å². The molecule has 0 radical (unpaired) electrons. The highest BCUT2D eigenvalue weighted by molar-refractivity contribution is 6.30. The van der Waals surface area contributed by atoms with E-state index in [0.29, 0.717) is 0 Å². The zero-order chi connectivity index (χ0) is 11.8. The highest BCUT2D eigenvalue weighted by Crippen LogP contribution is 2.32. The minimum Gasteiger partial charge on any atom is -0.398 e. The second-order valence-electron chi connectivity index (χ2n) is 4.32. The lowest BCUT2D eigenvalue weighted by atomic mass is 10.1. The lowest BCUT2D eigenvalue weighted by Crippen LogP contribution is -2.14. The molecule has 2 aromatic rings. The fourth-order valence-electron chi connectivity index (χ4n) is 2.30. The summed E-state index contributed by atoms with van der Waals surface area (Å²) < 4.78 is 0. The molecule has 0 aromatic heterocycles. The van der Waals surface area contributed by atoms with Crippen molar-refractivity contribution < 1.29 is 0 Å². The molecule has 0 amide bonds. The molecule has 0 saturated carbocycles. The number of nitrogens with zero attached hydrogens (tertiary/aromatic N) is 1. The number of anilines is 2. The van der Waals surface area contributed by atoms with Crippen LogP contribution < -0.4 is 10.6 Å². The van der Waals surface area contributed by atoms with Crippen molar-refractivity contribution in [3.63, 3.8) is 0 Å². The molecule has 2 aromatic carbocycles. The van der Waals surface area contributed by atoms with E-state index in [2.05, 4.69) is 17.0 Å². The van der Waals surface area contributed by atoms with Crippen molar-refractivity contribution in [2.45, 2.75) is 13.1 Å². The second kappa shape index (κ2) is 3.97. The molecule has 0 spiro atoms. The molecule has 0 bridgehead atoms. The first-order valence-corrected chi connectivity index (χ1v) is 5.98. The summed E-state index contributed by atoms with van der Waals surface area (Å²) in [5.74, 6) is 0. The third-order valence-corrected chi connectivity index (χ3v) is 3.43. The van der Waals surface area contributed by atoms with Gasteiger partial charge in [-0.2, -0.15) is 0 Å². The van der Waals surface area contributed by atoms with Crippen LogP contribution in [-0.2, 0) is 13.1 Å². The minimum absolute atomic E-state index is 0.770. The number of nitrogen functional groups attached to an aromatic ring is 1. The summed E-state index contributed by atoms with van der Waals surface area (Å²) in [6.45, 7) is 1.77. The predicted molar refractivity (Wildman–Crippen MR) is 72.2 cm³/mol. The van der Waals surface area contributed by atoms with E-state index in [1.807, 2.05) is 30.3 Å². The van der Waals surface area contributed by atoms with Crippen molar-refractivity contribution >= 4 is 23.0 Å².